The van der Waals surface area contributed by atoms with Crippen LogP contribution in [0.25, 0.3) is 0 Å². The van der Waals surface area contributed by atoms with Crippen LogP contribution >= 0.6 is 24.2 Å². The molecule has 14 heavy (non-hydrogen) atoms. The minimum Gasteiger partial charge on any atom is -0.410 e. The maximum absolute atomic E-state index is 8.73. The summed E-state index contributed by atoms with van der Waals surface area (Å²) in [5.41, 5.74) is 6.27. The predicted molar refractivity (Wildman–Crippen MR) is 63.5 cm³/mol. The van der Waals surface area contributed by atoms with Crippen molar-refractivity contribution >= 4 is 29.2 Å². The van der Waals surface area contributed by atoms with E-state index in [-0.39, 0.29) is 12.4 Å². The second-order valence-corrected chi connectivity index (χ2v) is 3.49. The zero-order chi connectivity index (χ0) is 9.52. The van der Waals surface area contributed by atoms with Gasteiger partial charge in [0, 0.05) is 17.9 Å². The second-order valence-electron chi connectivity index (χ2n) is 2.41. The van der Waals surface area contributed by atoms with Gasteiger partial charge in [-0.15, -0.1) is 24.2 Å². The molecule has 0 heterocycles. The average Bonchev–Trinajstić information content (AvgIpc) is 2.21. The van der Waals surface area contributed by atoms with Crippen molar-refractivity contribution < 1.29 is 5.21 Å². The van der Waals surface area contributed by atoms with Crippen molar-refractivity contribution in [3.63, 3.8) is 0 Å². The van der Waals surface area contributed by atoms with Gasteiger partial charge in [-0.2, -0.15) is 0 Å². The van der Waals surface area contributed by atoms with Crippen LogP contribution in [0, 0.1) is 0 Å². The molecule has 0 aromatic heterocycles. The lowest BCUT2D eigenvalue weighted by atomic mass is 10.2. The lowest BCUT2D eigenvalue weighted by Crippen LogP contribution is -2.05. The summed E-state index contributed by atoms with van der Waals surface area (Å²) < 4.78 is 0. The molecule has 78 valence electrons. The van der Waals surface area contributed by atoms with E-state index >= 15 is 0 Å². The van der Waals surface area contributed by atoms with Crippen molar-refractivity contribution in [1.29, 1.82) is 0 Å². The van der Waals surface area contributed by atoms with Crippen LogP contribution in [0.2, 0.25) is 0 Å². The largest absolute Gasteiger partial charge is 0.410 e. The van der Waals surface area contributed by atoms with Gasteiger partial charge in [0.2, 0.25) is 0 Å². The van der Waals surface area contributed by atoms with E-state index in [1.807, 2.05) is 30.3 Å². The van der Waals surface area contributed by atoms with Gasteiger partial charge < -0.3 is 10.9 Å². The van der Waals surface area contributed by atoms with Gasteiger partial charge in [0.1, 0.15) is 5.04 Å². The molecular formula is C9H13ClN2OS. The van der Waals surface area contributed by atoms with Crippen LogP contribution in [-0.2, 0) is 0 Å². The predicted octanol–water partition coefficient (Wildman–Crippen LogP) is 1.94. The summed E-state index contributed by atoms with van der Waals surface area (Å²) in [4.78, 5) is 0. The fourth-order valence-electron chi connectivity index (χ4n) is 0.906. The number of hydrogen-bond donors (Lipinski definition) is 2. The molecule has 0 radical (unpaired) electrons. The minimum absolute atomic E-state index is 0. The molecule has 3 N–H and O–H groups in total. The minimum atomic E-state index is 0. The molecule has 0 aliphatic heterocycles. The molecule has 0 spiro atoms. The molecule has 0 atom stereocenters. The Morgan fingerprint density at radius 3 is 2.50 bits per heavy atom. The third-order valence-electron chi connectivity index (χ3n) is 1.47. The molecule has 3 nitrogen and oxygen atoms in total. The average molecular weight is 233 g/mol. The number of benzene rings is 1. The van der Waals surface area contributed by atoms with Crippen molar-refractivity contribution in [2.75, 3.05) is 12.3 Å². The number of nitrogens with two attached hydrogens (primary N) is 1. The Balaban J connectivity index is 0.00000169. The van der Waals surface area contributed by atoms with Crippen LogP contribution in [0.15, 0.2) is 35.5 Å². The molecule has 0 aliphatic rings. The Kier molecular flexibility index (Phi) is 7.28. The summed E-state index contributed by atoms with van der Waals surface area (Å²) in [6.45, 7) is 0.580. The Labute approximate surface area is 93.8 Å². The molecule has 1 aromatic carbocycles. The summed E-state index contributed by atoms with van der Waals surface area (Å²) in [5.74, 6) is 0.758. The van der Waals surface area contributed by atoms with E-state index in [1.54, 1.807) is 0 Å². The van der Waals surface area contributed by atoms with E-state index in [0.29, 0.717) is 11.6 Å². The number of thioether (sulfide) groups is 1. The van der Waals surface area contributed by atoms with Crippen LogP contribution in [-0.4, -0.2) is 22.5 Å². The first-order chi connectivity index (χ1) is 6.38. The zero-order valence-electron chi connectivity index (χ0n) is 7.59. The van der Waals surface area contributed by atoms with Gasteiger partial charge in [0.15, 0.2) is 0 Å². The Morgan fingerprint density at radius 2 is 2.00 bits per heavy atom. The molecule has 0 bridgehead atoms. The maximum atomic E-state index is 8.73. The van der Waals surface area contributed by atoms with Gasteiger partial charge in [-0.3, -0.25) is 0 Å². The third-order valence-corrected chi connectivity index (χ3v) is 2.50. The summed E-state index contributed by atoms with van der Waals surface area (Å²) in [7, 11) is 0. The summed E-state index contributed by atoms with van der Waals surface area (Å²) in [5, 5.41) is 12.6. The van der Waals surface area contributed by atoms with Crippen LogP contribution in [0.1, 0.15) is 5.56 Å². The summed E-state index contributed by atoms with van der Waals surface area (Å²) in [6, 6.07) is 9.54. The smallest absolute Gasteiger partial charge is 0.143 e. The lowest BCUT2D eigenvalue weighted by Gasteiger charge is -2.01. The molecule has 1 aromatic rings. The molecule has 0 aliphatic carbocycles. The first-order valence-corrected chi connectivity index (χ1v) is 4.97. The van der Waals surface area contributed by atoms with Crippen LogP contribution in [0.5, 0.6) is 0 Å². The van der Waals surface area contributed by atoms with Gasteiger partial charge in [0.25, 0.3) is 0 Å². The van der Waals surface area contributed by atoms with Gasteiger partial charge in [0.05, 0.1) is 0 Å². The quantitative estimate of drug-likeness (QED) is 0.362. The molecule has 0 amide bonds. The van der Waals surface area contributed by atoms with Crippen molar-refractivity contribution in [1.82, 2.24) is 0 Å². The number of rotatable bonds is 3. The van der Waals surface area contributed by atoms with Crippen LogP contribution < -0.4 is 5.73 Å². The zero-order valence-corrected chi connectivity index (χ0v) is 9.22. The highest BCUT2D eigenvalue weighted by Crippen LogP contribution is 2.12. The third kappa shape index (κ3) is 4.00. The van der Waals surface area contributed by atoms with Crippen LogP contribution in [0.4, 0.5) is 0 Å². The topological polar surface area (TPSA) is 58.6 Å². The van der Waals surface area contributed by atoms with Gasteiger partial charge >= 0.3 is 0 Å². The van der Waals surface area contributed by atoms with Gasteiger partial charge in [-0.05, 0) is 0 Å². The molecule has 5 heteroatoms. The molecule has 0 unspecified atom stereocenters. The highest BCUT2D eigenvalue weighted by Gasteiger charge is 2.02. The fourth-order valence-corrected chi connectivity index (χ4v) is 1.58. The van der Waals surface area contributed by atoms with E-state index in [0.717, 1.165) is 11.3 Å². The Bertz CT molecular complexity index is 279. The number of nitrogens with zero attached hydrogens (tertiary/aromatic N) is 1. The van der Waals surface area contributed by atoms with E-state index in [9.17, 15) is 0 Å². The molecule has 0 fully saturated rings. The molecular weight excluding hydrogens is 220 g/mol. The van der Waals surface area contributed by atoms with Gasteiger partial charge in [-0.25, -0.2) is 0 Å². The van der Waals surface area contributed by atoms with E-state index in [1.165, 1.54) is 11.8 Å². The van der Waals surface area contributed by atoms with E-state index in [4.69, 9.17) is 10.9 Å². The highest BCUT2D eigenvalue weighted by atomic mass is 35.5. The second kappa shape index (κ2) is 7.67. The van der Waals surface area contributed by atoms with Crippen molar-refractivity contribution in [2.45, 2.75) is 0 Å². The van der Waals surface area contributed by atoms with Gasteiger partial charge in [-0.1, -0.05) is 35.5 Å². The molecule has 0 saturated carbocycles. The highest BCUT2D eigenvalue weighted by molar-refractivity contribution is 8.14. The number of halogens is 1. The standard InChI is InChI=1S/C9H12N2OS.ClH/c10-6-7-13-9(11-12)8-4-2-1-3-5-8;/h1-5,12H,6-7,10H2;1H. The SMILES string of the molecule is Cl.NCCSC(=NO)c1ccccc1. The van der Waals surface area contributed by atoms with Crippen molar-refractivity contribution in [3.05, 3.63) is 35.9 Å². The fraction of sp³-hybridized carbons (Fsp3) is 0.222. The van der Waals surface area contributed by atoms with E-state index < -0.39 is 0 Å². The van der Waals surface area contributed by atoms with Crippen molar-refractivity contribution in [3.8, 4) is 0 Å². The maximum Gasteiger partial charge on any atom is 0.143 e. The lowest BCUT2D eigenvalue weighted by molar-refractivity contribution is 0.321. The number of hydrogen-bond acceptors (Lipinski definition) is 4. The molecule has 1 rings (SSSR count). The van der Waals surface area contributed by atoms with Crippen molar-refractivity contribution in [2.24, 2.45) is 10.9 Å². The van der Waals surface area contributed by atoms with Crippen LogP contribution in [0.3, 0.4) is 0 Å². The van der Waals surface area contributed by atoms with E-state index in [2.05, 4.69) is 5.16 Å². The monoisotopic (exact) mass is 232 g/mol. The first kappa shape index (κ1) is 13.3. The summed E-state index contributed by atoms with van der Waals surface area (Å²) >= 11 is 1.45. The number of oxime groups is 1. The Morgan fingerprint density at radius 1 is 1.36 bits per heavy atom. The summed E-state index contributed by atoms with van der Waals surface area (Å²) in [6.07, 6.45) is 0. The normalized spacial score (nSPS) is 10.8. The first-order valence-electron chi connectivity index (χ1n) is 3.99. The molecule has 0 saturated heterocycles. The Hall–Kier alpha value is -0.710.